The maximum absolute atomic E-state index is 15.2. The van der Waals surface area contributed by atoms with Crippen molar-refractivity contribution in [1.82, 2.24) is 0 Å². The van der Waals surface area contributed by atoms with Gasteiger partial charge < -0.3 is 107 Å². The minimum atomic E-state index is -5.47. The number of carbonyl (C=O) groups is 5. The monoisotopic (exact) mass is 940 g/mol. The highest BCUT2D eigenvalue weighted by molar-refractivity contribution is 6.23. The van der Waals surface area contributed by atoms with Gasteiger partial charge in [-0.3, -0.25) is 24.0 Å². The molecule has 0 spiro atoms. The van der Waals surface area contributed by atoms with E-state index < -0.39 is 178 Å². The van der Waals surface area contributed by atoms with Gasteiger partial charge >= 0.3 is 0 Å². The Morgan fingerprint density at radius 2 is 0.642 bits per heavy atom. The Labute approximate surface area is 368 Å². The molecule has 0 saturated carbocycles. The van der Waals surface area contributed by atoms with Crippen molar-refractivity contribution < 1.29 is 131 Å². The molecular weight excluding hydrogens is 908 g/mol. The predicted molar refractivity (Wildman–Crippen MR) is 209 cm³/mol. The second kappa shape index (κ2) is 15.7. The van der Waals surface area contributed by atoms with E-state index in [0.29, 0.717) is 12.1 Å². The molecule has 0 bridgehead atoms. The highest BCUT2D eigenvalue weighted by Crippen LogP contribution is 2.56. The van der Waals surface area contributed by atoms with Gasteiger partial charge in [-0.15, -0.1) is 0 Å². The summed E-state index contributed by atoms with van der Waals surface area (Å²) in [6.45, 7) is 0. The average molecular weight is 941 g/mol. The zero-order valence-electron chi connectivity index (χ0n) is 32.8. The molecule has 0 aromatic heterocycles. The van der Waals surface area contributed by atoms with E-state index in [1.807, 2.05) is 0 Å². The Kier molecular flexibility index (Phi) is 11.2. The van der Waals surface area contributed by atoms with E-state index in [1.54, 1.807) is 0 Å². The van der Waals surface area contributed by atoms with Gasteiger partial charge in [0.2, 0.25) is 39.9 Å². The Hall–Kier alpha value is -8.79. The van der Waals surface area contributed by atoms with Gasteiger partial charge in [0.05, 0.1) is 0 Å². The molecule has 1 aliphatic heterocycles. The van der Waals surface area contributed by atoms with Crippen LogP contribution in [-0.4, -0.2) is 160 Å². The summed E-state index contributed by atoms with van der Waals surface area (Å²) in [6, 6.07) is 1.23. The lowest BCUT2D eigenvalue weighted by atomic mass is 9.54. The highest BCUT2D eigenvalue weighted by Gasteiger charge is 2.87. The number of rotatable bonds is 11. The summed E-state index contributed by atoms with van der Waals surface area (Å²) >= 11 is 0. The fourth-order valence-corrected chi connectivity index (χ4v) is 7.34. The summed E-state index contributed by atoms with van der Waals surface area (Å²) in [5.74, 6) is -40.1. The Bertz CT molecular complexity index is 2880. The number of ketones is 5. The zero-order chi connectivity index (χ0) is 50.4. The molecule has 67 heavy (non-hydrogen) atoms. The van der Waals surface area contributed by atoms with Crippen LogP contribution in [-0.2, 0) is 9.53 Å². The summed E-state index contributed by atoms with van der Waals surface area (Å²) in [5.41, 5.74) is -23.3. The fourth-order valence-electron chi connectivity index (χ4n) is 7.34. The first-order valence-corrected chi connectivity index (χ1v) is 18.1. The summed E-state index contributed by atoms with van der Waals surface area (Å²) in [7, 11) is 0. The molecule has 20 N–H and O–H groups in total. The zero-order valence-corrected chi connectivity index (χ0v) is 32.8. The van der Waals surface area contributed by atoms with Gasteiger partial charge in [0.15, 0.2) is 98.1 Å². The maximum Gasteiger partial charge on any atom is 0.273 e. The van der Waals surface area contributed by atoms with E-state index in [-0.39, 0.29) is 48.5 Å². The van der Waals surface area contributed by atoms with Crippen molar-refractivity contribution in [2.75, 3.05) is 0 Å². The number of carbonyl (C=O) groups excluding carboxylic acids is 5. The van der Waals surface area contributed by atoms with E-state index in [4.69, 9.17) is 4.74 Å². The molecule has 0 aliphatic carbocycles. The second-order valence-corrected chi connectivity index (χ2v) is 14.8. The smallest absolute Gasteiger partial charge is 0.273 e. The van der Waals surface area contributed by atoms with Gasteiger partial charge in [0.25, 0.3) is 5.79 Å². The number of phenols is 15. The van der Waals surface area contributed by atoms with E-state index in [2.05, 4.69) is 0 Å². The van der Waals surface area contributed by atoms with Crippen molar-refractivity contribution in [2.24, 2.45) is 0 Å². The molecule has 1 heterocycles. The summed E-state index contributed by atoms with van der Waals surface area (Å²) in [4.78, 5) is 74.9. The van der Waals surface area contributed by atoms with Crippen LogP contribution >= 0.6 is 0 Å². The Morgan fingerprint density at radius 1 is 0.388 bits per heavy atom. The van der Waals surface area contributed by atoms with E-state index >= 15 is 14.4 Å². The number of hydrogen-bond donors (Lipinski definition) is 20. The van der Waals surface area contributed by atoms with Crippen LogP contribution in [0.1, 0.15) is 53.1 Å². The van der Waals surface area contributed by atoms with Crippen LogP contribution < -0.4 is 0 Å². The van der Waals surface area contributed by atoms with E-state index in [9.17, 15) is 112 Å². The Morgan fingerprint density at radius 3 is 0.955 bits per heavy atom. The summed E-state index contributed by atoms with van der Waals surface area (Å²) in [6.07, 6.45) is -7.21. The third-order valence-corrected chi connectivity index (χ3v) is 10.8. The summed E-state index contributed by atoms with van der Waals surface area (Å²) < 4.78 is 5.28. The normalized spacial score (nSPS) is 23.0. The highest BCUT2D eigenvalue weighted by atomic mass is 16.7. The molecule has 1 fully saturated rings. The first-order valence-electron chi connectivity index (χ1n) is 18.1. The molecular formula is C41H32O26. The number of hydrogen-bond acceptors (Lipinski definition) is 26. The number of phenolic OH excluding ortho intramolecular Hbond substituents is 15. The van der Waals surface area contributed by atoms with E-state index in [0.717, 1.165) is 0 Å². The van der Waals surface area contributed by atoms with Gasteiger partial charge in [0.1, 0.15) is 6.10 Å². The van der Waals surface area contributed by atoms with Gasteiger partial charge in [-0.2, -0.15) is 0 Å². The first-order chi connectivity index (χ1) is 30.9. The Balaban J connectivity index is 1.86. The third-order valence-electron chi connectivity index (χ3n) is 10.8. The number of aliphatic hydroxyl groups excluding tert-OH is 1. The molecule has 352 valence electrons. The number of ether oxygens (including phenoxy) is 1. The van der Waals surface area contributed by atoms with Gasteiger partial charge in [-0.25, -0.2) is 0 Å². The third kappa shape index (κ3) is 6.71. The number of benzene rings is 5. The first kappa shape index (κ1) is 47.7. The average Bonchev–Trinajstić information content (AvgIpc) is 3.27. The standard InChI is InChI=1S/C41H32O26/c42-16-1-11(2-17(43)27(16)53)26(52)32(58)37-38(63,33(59)12-3-18(44)28(54)19(45)4-12)39(64,34(60)13-5-20(46)29(55)21(47)6-13)40(65,35(61)14-7-22(48)30(56)23(49)8-14)41(66,67-37)36(62)15-9-24(50)31(57)25(51)10-15/h1-10,26,37,42-57,63-66H/t26?,37-,38-,39+,40-,41?/m1/s1. The van der Waals surface area contributed by atoms with Crippen molar-refractivity contribution in [1.29, 1.82) is 0 Å². The number of aromatic hydroxyl groups is 15. The van der Waals surface area contributed by atoms with Gasteiger partial charge in [-0.05, 0) is 66.2 Å². The van der Waals surface area contributed by atoms with Crippen molar-refractivity contribution in [3.05, 3.63) is 88.5 Å². The SMILES string of the molecule is O=C(C(O)c1cc(O)c(O)c(O)c1)[C@H]1OC(O)(C(=O)c2cc(O)c(O)c(O)c2)[C@@](O)(C(=O)c2cc(O)c(O)c(O)c2)[C@](O)(C(=O)c2cc(O)c(O)c(O)c2)[C@@]1(O)C(=O)c1cc(O)c(O)c(O)c1. The largest absolute Gasteiger partial charge is 0.504 e. The molecule has 6 atom stereocenters. The topological polar surface area (TPSA) is 499 Å². The lowest BCUT2D eigenvalue weighted by molar-refractivity contribution is -0.368. The fraction of sp³-hybridized carbons (Fsp3) is 0.146. The van der Waals surface area contributed by atoms with Crippen LogP contribution in [0.4, 0.5) is 0 Å². The molecule has 26 heteroatoms. The van der Waals surface area contributed by atoms with Gasteiger partial charge in [0, 0.05) is 22.3 Å². The quantitative estimate of drug-likeness (QED) is 0.0540. The van der Waals surface area contributed by atoms with Crippen LogP contribution in [0, 0.1) is 0 Å². The molecule has 0 amide bonds. The second-order valence-electron chi connectivity index (χ2n) is 14.8. The molecule has 6 rings (SSSR count). The van der Waals surface area contributed by atoms with Crippen LogP contribution in [0.3, 0.4) is 0 Å². The number of Topliss-reactive ketones (excluding diaryl/α,β-unsaturated/α-hetero) is 5. The molecule has 1 aliphatic rings. The summed E-state index contributed by atoms with van der Waals surface area (Å²) in [5, 5.41) is 217. The molecule has 2 unspecified atom stereocenters. The molecule has 1 saturated heterocycles. The molecule has 5 aromatic carbocycles. The van der Waals surface area contributed by atoms with Crippen molar-refractivity contribution in [2.45, 2.75) is 34.8 Å². The van der Waals surface area contributed by atoms with Crippen molar-refractivity contribution in [3.63, 3.8) is 0 Å². The molecule has 26 nitrogen and oxygen atoms in total. The maximum atomic E-state index is 15.2. The van der Waals surface area contributed by atoms with Crippen LogP contribution in [0.5, 0.6) is 86.2 Å². The minimum absolute atomic E-state index is 0.0433. The molecule has 5 aromatic rings. The number of aliphatic hydroxyl groups is 5. The van der Waals surface area contributed by atoms with Crippen molar-refractivity contribution >= 4 is 28.9 Å². The van der Waals surface area contributed by atoms with Crippen molar-refractivity contribution in [3.8, 4) is 86.2 Å². The van der Waals surface area contributed by atoms with E-state index in [1.165, 1.54) is 0 Å². The molecule has 0 radical (unpaired) electrons. The lowest BCUT2D eigenvalue weighted by Crippen LogP contribution is -2.91. The van der Waals surface area contributed by atoms with Crippen LogP contribution in [0.15, 0.2) is 60.7 Å². The van der Waals surface area contributed by atoms with Crippen LogP contribution in [0.25, 0.3) is 0 Å². The van der Waals surface area contributed by atoms with Crippen LogP contribution in [0.2, 0.25) is 0 Å². The lowest BCUT2D eigenvalue weighted by Gasteiger charge is -2.60. The predicted octanol–water partition coefficient (Wildman–Crippen LogP) is -1.31. The minimum Gasteiger partial charge on any atom is -0.504 e. The van der Waals surface area contributed by atoms with Gasteiger partial charge in [-0.1, -0.05) is 0 Å².